The Hall–Kier alpha value is -2.10. The number of carbonyl (C=O) groups excluding carboxylic acids is 2. The molecule has 1 unspecified atom stereocenters. The molecule has 8 nitrogen and oxygen atoms in total. The molecule has 1 aromatic carbocycles. The second kappa shape index (κ2) is 10.9. The van der Waals surface area contributed by atoms with Crippen molar-refractivity contribution in [2.24, 2.45) is 0 Å². The molecule has 2 amide bonds. The molecule has 1 fully saturated rings. The largest absolute Gasteiger partial charge is 0.481 e. The summed E-state index contributed by atoms with van der Waals surface area (Å²) in [6.45, 7) is 1.84. The minimum absolute atomic E-state index is 0.132. The van der Waals surface area contributed by atoms with E-state index < -0.39 is 12.1 Å². The Kier molecular flexibility index (Phi) is 8.56. The van der Waals surface area contributed by atoms with Crippen LogP contribution in [0.5, 0.6) is 0 Å². The van der Waals surface area contributed by atoms with E-state index in [2.05, 4.69) is 5.32 Å². The van der Waals surface area contributed by atoms with E-state index >= 15 is 0 Å². The number of hydrogen-bond acceptors (Lipinski definition) is 6. The summed E-state index contributed by atoms with van der Waals surface area (Å²) in [4.78, 5) is 38.0. The van der Waals surface area contributed by atoms with Crippen molar-refractivity contribution in [3.63, 3.8) is 0 Å². The van der Waals surface area contributed by atoms with Gasteiger partial charge in [-0.05, 0) is 12.1 Å². The summed E-state index contributed by atoms with van der Waals surface area (Å²) in [5, 5.41) is 11.7. The van der Waals surface area contributed by atoms with Crippen LogP contribution in [0.15, 0.2) is 29.2 Å². The van der Waals surface area contributed by atoms with E-state index in [9.17, 15) is 14.4 Å². The molecular formula is C18H24N2O6S. The fourth-order valence-electron chi connectivity index (χ4n) is 2.65. The van der Waals surface area contributed by atoms with Crippen molar-refractivity contribution in [2.45, 2.75) is 17.4 Å². The number of nitrogens with one attached hydrogen (secondary N) is 1. The smallest absolute Gasteiger partial charge is 0.306 e. The lowest BCUT2D eigenvalue weighted by Crippen LogP contribution is -2.46. The maximum atomic E-state index is 12.9. The number of hydrogen-bond donors (Lipinski definition) is 2. The van der Waals surface area contributed by atoms with E-state index in [4.69, 9.17) is 14.6 Å². The van der Waals surface area contributed by atoms with Crippen LogP contribution in [0.25, 0.3) is 0 Å². The van der Waals surface area contributed by atoms with Gasteiger partial charge in [0.15, 0.2) is 0 Å². The van der Waals surface area contributed by atoms with Gasteiger partial charge in [-0.3, -0.25) is 14.4 Å². The second-order valence-corrected chi connectivity index (χ2v) is 6.99. The van der Waals surface area contributed by atoms with Crippen molar-refractivity contribution >= 4 is 29.5 Å². The van der Waals surface area contributed by atoms with Crippen molar-refractivity contribution in [1.29, 1.82) is 0 Å². The van der Waals surface area contributed by atoms with Gasteiger partial charge in [-0.2, -0.15) is 0 Å². The number of carboxylic acid groups (broad SMARTS) is 1. The van der Waals surface area contributed by atoms with Gasteiger partial charge in [0.1, 0.15) is 0 Å². The van der Waals surface area contributed by atoms with Crippen LogP contribution >= 0.6 is 11.8 Å². The molecule has 2 rings (SSSR count). The highest BCUT2D eigenvalue weighted by Crippen LogP contribution is 2.24. The van der Waals surface area contributed by atoms with Crippen molar-refractivity contribution in [3.05, 3.63) is 29.8 Å². The Morgan fingerprint density at radius 3 is 2.89 bits per heavy atom. The first-order chi connectivity index (χ1) is 13.0. The summed E-state index contributed by atoms with van der Waals surface area (Å²) in [6.07, 6.45) is -0.645. The van der Waals surface area contributed by atoms with Crippen LogP contribution in [0.4, 0.5) is 0 Å². The van der Waals surface area contributed by atoms with E-state index in [-0.39, 0.29) is 30.5 Å². The zero-order valence-electron chi connectivity index (χ0n) is 15.2. The molecule has 1 saturated heterocycles. The molecule has 148 valence electrons. The lowest BCUT2D eigenvalue weighted by molar-refractivity contribution is -0.141. The standard InChI is InChI=1S/C18H24N2O6S/c1-25-8-6-19-16(21)12-27-15-5-3-2-4-14(15)18(24)20-7-9-26-13(11-20)10-17(22)23/h2-5,13H,6-12H2,1H3,(H,19,21)(H,22,23). The first-order valence-corrected chi connectivity index (χ1v) is 9.60. The lowest BCUT2D eigenvalue weighted by atomic mass is 10.1. The first-order valence-electron chi connectivity index (χ1n) is 8.61. The van der Waals surface area contributed by atoms with Crippen LogP contribution in [-0.2, 0) is 19.1 Å². The Morgan fingerprint density at radius 1 is 1.37 bits per heavy atom. The molecule has 27 heavy (non-hydrogen) atoms. The average molecular weight is 396 g/mol. The summed E-state index contributed by atoms with van der Waals surface area (Å²) >= 11 is 1.29. The molecule has 1 aliphatic rings. The van der Waals surface area contributed by atoms with Crippen LogP contribution in [0.1, 0.15) is 16.8 Å². The molecule has 0 aromatic heterocycles. The predicted octanol–water partition coefficient (Wildman–Crippen LogP) is 0.857. The molecule has 2 N–H and O–H groups in total. The number of carbonyl (C=O) groups is 3. The molecule has 9 heteroatoms. The fraction of sp³-hybridized carbons (Fsp3) is 0.500. The van der Waals surface area contributed by atoms with Gasteiger partial charge in [-0.25, -0.2) is 0 Å². The van der Waals surface area contributed by atoms with Crippen LogP contribution in [0.3, 0.4) is 0 Å². The van der Waals surface area contributed by atoms with E-state index in [0.717, 1.165) is 0 Å². The second-order valence-electron chi connectivity index (χ2n) is 5.97. The van der Waals surface area contributed by atoms with E-state index in [1.807, 2.05) is 6.07 Å². The van der Waals surface area contributed by atoms with E-state index in [0.29, 0.717) is 36.8 Å². The minimum atomic E-state index is -0.954. The quantitative estimate of drug-likeness (QED) is 0.471. The maximum Gasteiger partial charge on any atom is 0.306 e. The number of aliphatic carboxylic acids is 1. The average Bonchev–Trinajstić information content (AvgIpc) is 2.66. The zero-order chi connectivity index (χ0) is 19.6. The Balaban J connectivity index is 1.98. The molecule has 0 spiro atoms. The van der Waals surface area contributed by atoms with Crippen LogP contribution in [-0.4, -0.2) is 79.6 Å². The van der Waals surface area contributed by atoms with E-state index in [1.165, 1.54) is 11.8 Å². The predicted molar refractivity (Wildman–Crippen MR) is 99.9 cm³/mol. The minimum Gasteiger partial charge on any atom is -0.481 e. The fourth-order valence-corrected chi connectivity index (χ4v) is 3.52. The normalized spacial score (nSPS) is 16.8. The Bertz CT molecular complexity index is 669. The zero-order valence-corrected chi connectivity index (χ0v) is 16.0. The molecular weight excluding hydrogens is 372 g/mol. The van der Waals surface area contributed by atoms with Gasteiger partial charge in [-0.15, -0.1) is 11.8 Å². The molecule has 1 atom stereocenters. The van der Waals surface area contributed by atoms with Crippen molar-refractivity contribution in [3.8, 4) is 0 Å². The molecule has 0 aliphatic carbocycles. The van der Waals surface area contributed by atoms with Gasteiger partial charge in [0.05, 0.1) is 37.1 Å². The molecule has 0 radical (unpaired) electrons. The topological polar surface area (TPSA) is 105 Å². The van der Waals surface area contributed by atoms with Gasteiger partial charge in [0.2, 0.25) is 5.91 Å². The monoisotopic (exact) mass is 396 g/mol. The third kappa shape index (κ3) is 6.85. The van der Waals surface area contributed by atoms with Gasteiger partial charge in [0.25, 0.3) is 5.91 Å². The molecule has 1 aliphatic heterocycles. The highest BCUT2D eigenvalue weighted by atomic mass is 32.2. The Morgan fingerprint density at radius 2 is 2.15 bits per heavy atom. The van der Waals surface area contributed by atoms with Gasteiger partial charge < -0.3 is 24.8 Å². The third-order valence-electron chi connectivity index (χ3n) is 3.93. The van der Waals surface area contributed by atoms with Gasteiger partial charge in [0, 0.05) is 31.6 Å². The number of nitrogens with zero attached hydrogens (tertiary/aromatic N) is 1. The molecule has 0 saturated carbocycles. The highest BCUT2D eigenvalue weighted by Gasteiger charge is 2.27. The summed E-state index contributed by atoms with van der Waals surface area (Å²) in [5.41, 5.74) is 0.503. The van der Waals surface area contributed by atoms with Gasteiger partial charge >= 0.3 is 5.97 Å². The van der Waals surface area contributed by atoms with Crippen molar-refractivity contribution in [1.82, 2.24) is 10.2 Å². The third-order valence-corrected chi connectivity index (χ3v) is 5.01. The molecule has 1 heterocycles. The molecule has 1 aromatic rings. The number of ether oxygens (including phenoxy) is 2. The van der Waals surface area contributed by atoms with Crippen molar-refractivity contribution in [2.75, 3.05) is 45.7 Å². The first kappa shape index (κ1) is 21.2. The molecule has 0 bridgehead atoms. The summed E-state index contributed by atoms with van der Waals surface area (Å²) < 4.78 is 10.3. The van der Waals surface area contributed by atoms with Crippen LogP contribution in [0.2, 0.25) is 0 Å². The Labute approximate surface area is 162 Å². The number of benzene rings is 1. The number of methoxy groups -OCH3 is 1. The number of rotatable bonds is 9. The maximum absolute atomic E-state index is 12.9. The highest BCUT2D eigenvalue weighted by molar-refractivity contribution is 8.00. The number of amides is 2. The SMILES string of the molecule is COCCNC(=O)CSc1ccccc1C(=O)N1CCOC(CC(=O)O)C1. The summed E-state index contributed by atoms with van der Waals surface area (Å²) in [5.74, 6) is -1.08. The number of carboxylic acids is 1. The van der Waals surface area contributed by atoms with Crippen LogP contribution in [0, 0.1) is 0 Å². The van der Waals surface area contributed by atoms with E-state index in [1.54, 1.807) is 30.2 Å². The van der Waals surface area contributed by atoms with Crippen LogP contribution < -0.4 is 5.32 Å². The van der Waals surface area contributed by atoms with Crippen molar-refractivity contribution < 1.29 is 29.0 Å². The lowest BCUT2D eigenvalue weighted by Gasteiger charge is -2.32. The number of morpholine rings is 1. The number of thioether (sulfide) groups is 1. The summed E-state index contributed by atoms with van der Waals surface area (Å²) in [6, 6.07) is 7.10. The summed E-state index contributed by atoms with van der Waals surface area (Å²) in [7, 11) is 1.56. The van der Waals surface area contributed by atoms with Gasteiger partial charge in [-0.1, -0.05) is 12.1 Å².